The van der Waals surface area contributed by atoms with Crippen LogP contribution >= 0.6 is 0 Å². The number of sulfone groups is 1. The molecule has 0 atom stereocenters. The van der Waals surface area contributed by atoms with E-state index in [9.17, 15) is 8.42 Å². The molecule has 2 aromatic heterocycles. The van der Waals surface area contributed by atoms with Crippen molar-refractivity contribution in [2.24, 2.45) is 0 Å². The maximum Gasteiger partial charge on any atom is 0.248 e. The predicted molar refractivity (Wildman–Crippen MR) is 74.5 cm³/mol. The van der Waals surface area contributed by atoms with Crippen LogP contribution in [-0.2, 0) is 9.84 Å². The zero-order chi connectivity index (χ0) is 14.3. The number of benzene rings is 1. The van der Waals surface area contributed by atoms with E-state index in [1.165, 1.54) is 6.20 Å². The van der Waals surface area contributed by atoms with Crippen LogP contribution in [0.2, 0.25) is 0 Å². The summed E-state index contributed by atoms with van der Waals surface area (Å²) in [4.78, 5) is 12.2. The molecule has 0 bridgehead atoms. The molecule has 20 heavy (non-hydrogen) atoms. The van der Waals surface area contributed by atoms with Crippen LogP contribution < -0.4 is 0 Å². The van der Waals surface area contributed by atoms with Gasteiger partial charge in [-0.15, -0.1) is 0 Å². The zero-order valence-electron chi connectivity index (χ0n) is 11.0. The third kappa shape index (κ3) is 2.16. The fraction of sp³-hybridized carbons (Fsp3) is 0.154. The summed E-state index contributed by atoms with van der Waals surface area (Å²) in [7, 11) is -3.43. The molecule has 0 amide bonds. The molecule has 7 heteroatoms. The number of imidazole rings is 1. The molecule has 0 saturated heterocycles. The third-order valence-electron chi connectivity index (χ3n) is 2.90. The molecule has 2 heterocycles. The van der Waals surface area contributed by atoms with Crippen LogP contribution in [0.3, 0.4) is 0 Å². The van der Waals surface area contributed by atoms with E-state index in [4.69, 9.17) is 0 Å². The van der Waals surface area contributed by atoms with Gasteiger partial charge >= 0.3 is 0 Å². The van der Waals surface area contributed by atoms with Gasteiger partial charge in [-0.05, 0) is 30.7 Å². The number of hydrogen-bond acceptors (Lipinski definition) is 5. The van der Waals surface area contributed by atoms with Gasteiger partial charge in [0.15, 0.2) is 0 Å². The zero-order valence-corrected chi connectivity index (χ0v) is 11.8. The van der Waals surface area contributed by atoms with Crippen molar-refractivity contribution in [3.05, 3.63) is 42.4 Å². The van der Waals surface area contributed by atoms with Crippen LogP contribution in [-0.4, -0.2) is 34.2 Å². The summed E-state index contributed by atoms with van der Waals surface area (Å²) >= 11 is 0. The highest BCUT2D eigenvalue weighted by molar-refractivity contribution is 7.90. The first kappa shape index (κ1) is 12.7. The van der Waals surface area contributed by atoms with Crippen molar-refractivity contribution in [2.45, 2.75) is 12.1 Å². The second kappa shape index (κ2) is 4.38. The first-order valence-corrected chi connectivity index (χ1v) is 7.81. The molecule has 1 aromatic carbocycles. The van der Waals surface area contributed by atoms with Crippen molar-refractivity contribution in [1.82, 2.24) is 19.5 Å². The Bertz CT molecular complexity index is 900. The van der Waals surface area contributed by atoms with E-state index in [0.717, 1.165) is 22.9 Å². The summed E-state index contributed by atoms with van der Waals surface area (Å²) in [5, 5.41) is -0.190. The lowest BCUT2D eigenvalue weighted by atomic mass is 10.2. The second-order valence-corrected chi connectivity index (χ2v) is 6.49. The average Bonchev–Trinajstić information content (AvgIpc) is 2.81. The van der Waals surface area contributed by atoms with Gasteiger partial charge in [0, 0.05) is 12.5 Å². The van der Waals surface area contributed by atoms with E-state index in [1.54, 1.807) is 17.0 Å². The Morgan fingerprint density at radius 1 is 1.15 bits per heavy atom. The standard InChI is InChI=1S/C13H12N4O2S/c1-9-3-4-10-11(7-9)17(8-15-10)12-5-6-14-13(16-12)20(2,18)19/h3-8H,1-2H3. The summed E-state index contributed by atoms with van der Waals surface area (Å²) in [6, 6.07) is 7.52. The van der Waals surface area contributed by atoms with Crippen molar-refractivity contribution in [1.29, 1.82) is 0 Å². The Labute approximate surface area is 116 Å². The van der Waals surface area contributed by atoms with Crippen LogP contribution in [0.5, 0.6) is 0 Å². The van der Waals surface area contributed by atoms with E-state index in [-0.39, 0.29) is 5.16 Å². The second-order valence-electron chi connectivity index (χ2n) is 4.58. The summed E-state index contributed by atoms with van der Waals surface area (Å²) in [5.41, 5.74) is 2.80. The van der Waals surface area contributed by atoms with E-state index in [1.807, 2.05) is 25.1 Å². The number of rotatable bonds is 2. The Morgan fingerprint density at radius 3 is 2.70 bits per heavy atom. The Balaban J connectivity index is 2.23. The van der Waals surface area contributed by atoms with Crippen LogP contribution in [0, 0.1) is 6.92 Å². The van der Waals surface area contributed by atoms with Crippen molar-refractivity contribution in [3.8, 4) is 5.82 Å². The molecule has 0 saturated carbocycles. The summed E-state index contributed by atoms with van der Waals surface area (Å²) in [6.07, 6.45) is 4.14. The molecule has 0 radical (unpaired) electrons. The van der Waals surface area contributed by atoms with E-state index < -0.39 is 9.84 Å². The quantitative estimate of drug-likeness (QED) is 0.668. The number of aromatic nitrogens is 4. The van der Waals surface area contributed by atoms with Crippen molar-refractivity contribution < 1.29 is 8.42 Å². The van der Waals surface area contributed by atoms with Gasteiger partial charge in [0.25, 0.3) is 0 Å². The highest BCUT2D eigenvalue weighted by atomic mass is 32.2. The molecular formula is C13H12N4O2S. The van der Waals surface area contributed by atoms with Crippen LogP contribution in [0.1, 0.15) is 5.56 Å². The van der Waals surface area contributed by atoms with Gasteiger partial charge in [0.2, 0.25) is 15.0 Å². The Kier molecular flexibility index (Phi) is 2.79. The maximum atomic E-state index is 11.5. The van der Waals surface area contributed by atoms with E-state index >= 15 is 0 Å². The number of aryl methyl sites for hydroxylation is 1. The highest BCUT2D eigenvalue weighted by Crippen LogP contribution is 2.18. The highest BCUT2D eigenvalue weighted by Gasteiger charge is 2.13. The molecule has 0 spiro atoms. The summed E-state index contributed by atoms with van der Waals surface area (Å²) < 4.78 is 24.8. The first-order valence-electron chi connectivity index (χ1n) is 5.92. The van der Waals surface area contributed by atoms with Gasteiger partial charge in [-0.25, -0.2) is 23.4 Å². The molecule has 0 fully saturated rings. The largest absolute Gasteiger partial charge is 0.283 e. The van der Waals surface area contributed by atoms with Crippen molar-refractivity contribution in [3.63, 3.8) is 0 Å². The monoisotopic (exact) mass is 288 g/mol. The molecule has 0 unspecified atom stereocenters. The van der Waals surface area contributed by atoms with Gasteiger partial charge in [-0.3, -0.25) is 4.57 Å². The van der Waals surface area contributed by atoms with Crippen molar-refractivity contribution in [2.75, 3.05) is 6.26 Å². The van der Waals surface area contributed by atoms with Gasteiger partial charge in [-0.1, -0.05) is 6.07 Å². The van der Waals surface area contributed by atoms with E-state index in [2.05, 4.69) is 15.0 Å². The van der Waals surface area contributed by atoms with Gasteiger partial charge in [0.1, 0.15) is 12.1 Å². The first-order chi connectivity index (χ1) is 9.45. The van der Waals surface area contributed by atoms with Gasteiger partial charge in [0.05, 0.1) is 11.0 Å². The lowest BCUT2D eigenvalue weighted by Crippen LogP contribution is -2.06. The Morgan fingerprint density at radius 2 is 1.95 bits per heavy atom. The van der Waals surface area contributed by atoms with Gasteiger partial charge in [-0.2, -0.15) is 0 Å². The molecular weight excluding hydrogens is 276 g/mol. The summed E-state index contributed by atoms with van der Waals surface area (Å²) in [5.74, 6) is 0.480. The topological polar surface area (TPSA) is 77.7 Å². The number of hydrogen-bond donors (Lipinski definition) is 0. The normalized spacial score (nSPS) is 11.9. The van der Waals surface area contributed by atoms with Crippen molar-refractivity contribution >= 4 is 20.9 Å². The number of nitrogens with zero attached hydrogens (tertiary/aromatic N) is 4. The average molecular weight is 288 g/mol. The molecule has 102 valence electrons. The smallest absolute Gasteiger partial charge is 0.248 e. The maximum absolute atomic E-state index is 11.5. The van der Waals surface area contributed by atoms with Crippen LogP contribution in [0.25, 0.3) is 16.9 Å². The predicted octanol–water partition coefficient (Wildman–Crippen LogP) is 1.53. The molecule has 0 aliphatic carbocycles. The van der Waals surface area contributed by atoms with Gasteiger partial charge < -0.3 is 0 Å². The molecule has 0 aliphatic heterocycles. The van der Waals surface area contributed by atoms with Crippen LogP contribution in [0.15, 0.2) is 41.9 Å². The molecule has 3 rings (SSSR count). The fourth-order valence-electron chi connectivity index (χ4n) is 1.94. The lowest BCUT2D eigenvalue weighted by molar-refractivity contribution is 0.592. The minimum Gasteiger partial charge on any atom is -0.283 e. The molecule has 6 nitrogen and oxygen atoms in total. The summed E-state index contributed by atoms with van der Waals surface area (Å²) in [6.45, 7) is 1.98. The number of fused-ring (bicyclic) bond motifs is 1. The fourth-order valence-corrected chi connectivity index (χ4v) is 2.46. The van der Waals surface area contributed by atoms with E-state index in [0.29, 0.717) is 5.82 Å². The third-order valence-corrected chi connectivity index (χ3v) is 3.76. The SMILES string of the molecule is Cc1ccc2ncn(-c3ccnc(S(C)(=O)=O)n3)c2c1. The van der Waals surface area contributed by atoms with Crippen LogP contribution in [0.4, 0.5) is 0 Å². The minimum absolute atomic E-state index is 0.190. The molecule has 0 aliphatic rings. The molecule has 0 N–H and O–H groups in total. The molecule has 3 aromatic rings. The lowest BCUT2D eigenvalue weighted by Gasteiger charge is -2.05. The minimum atomic E-state index is -3.43. The Hall–Kier alpha value is -2.28.